The van der Waals surface area contributed by atoms with Crippen LogP contribution < -0.4 is 4.74 Å². The van der Waals surface area contributed by atoms with Crippen LogP contribution in [0.5, 0.6) is 5.75 Å². The summed E-state index contributed by atoms with van der Waals surface area (Å²) in [7, 11) is 1.65. The van der Waals surface area contributed by atoms with Gasteiger partial charge in [-0.25, -0.2) is 14.4 Å². The summed E-state index contributed by atoms with van der Waals surface area (Å²) in [4.78, 5) is 26.0. The van der Waals surface area contributed by atoms with Crippen LogP contribution in [0.2, 0.25) is 0 Å². The molecule has 3 aliphatic rings. The van der Waals surface area contributed by atoms with E-state index in [4.69, 9.17) is 9.73 Å². The Hall–Kier alpha value is -3.94. The predicted molar refractivity (Wildman–Crippen MR) is 137 cm³/mol. The van der Waals surface area contributed by atoms with Crippen molar-refractivity contribution in [2.75, 3.05) is 26.7 Å². The second-order valence-corrected chi connectivity index (χ2v) is 9.29. The minimum absolute atomic E-state index is 0.00576. The molecule has 3 heterocycles. The first-order chi connectivity index (χ1) is 17.5. The van der Waals surface area contributed by atoms with Crippen LogP contribution in [0.1, 0.15) is 30.5 Å². The number of guanidine groups is 1. The number of fused-ring (bicyclic) bond motifs is 1. The van der Waals surface area contributed by atoms with E-state index in [-0.39, 0.29) is 11.7 Å². The van der Waals surface area contributed by atoms with Crippen LogP contribution in [0.25, 0.3) is 11.8 Å². The van der Waals surface area contributed by atoms with E-state index in [1.807, 2.05) is 46.9 Å². The van der Waals surface area contributed by atoms with Gasteiger partial charge < -0.3 is 14.2 Å². The highest BCUT2D eigenvalue weighted by atomic mass is 19.1. The third kappa shape index (κ3) is 5.32. The Morgan fingerprint density at radius 1 is 1.14 bits per heavy atom. The van der Waals surface area contributed by atoms with Gasteiger partial charge in [0.2, 0.25) is 5.96 Å². The monoisotopic (exact) mass is 487 g/mol. The van der Waals surface area contributed by atoms with Crippen LogP contribution >= 0.6 is 0 Å². The van der Waals surface area contributed by atoms with Gasteiger partial charge in [-0.1, -0.05) is 24.3 Å². The SMILES string of the molecule is COc1cc(/C=C2\N=C3N(CC4CC4)CCCN3C2=O)ccc1-n1cnc(C)c1.Fc1ccccc1. The molecule has 2 fully saturated rings. The molecule has 2 aromatic carbocycles. The van der Waals surface area contributed by atoms with Crippen molar-refractivity contribution in [1.82, 2.24) is 19.4 Å². The molecule has 1 saturated heterocycles. The molecule has 0 unspecified atom stereocenters. The number of hydrogen-bond acceptors (Lipinski definition) is 5. The summed E-state index contributed by atoms with van der Waals surface area (Å²) < 4.78 is 19.4. The van der Waals surface area contributed by atoms with Gasteiger partial charge in [-0.05, 0) is 68.0 Å². The zero-order valence-corrected chi connectivity index (χ0v) is 20.6. The number of halogens is 1. The summed E-state index contributed by atoms with van der Waals surface area (Å²) in [5.41, 5.74) is 3.24. The molecular formula is C28H30FN5O2. The number of ether oxygens (including phenoxy) is 1. The number of rotatable bonds is 5. The minimum atomic E-state index is -0.178. The third-order valence-corrected chi connectivity index (χ3v) is 6.42. The second-order valence-electron chi connectivity index (χ2n) is 9.29. The van der Waals surface area contributed by atoms with Crippen LogP contribution in [0, 0.1) is 18.7 Å². The van der Waals surface area contributed by atoms with Crippen LogP contribution in [0.3, 0.4) is 0 Å². The first-order valence-corrected chi connectivity index (χ1v) is 12.3. The van der Waals surface area contributed by atoms with Gasteiger partial charge in [-0.2, -0.15) is 0 Å². The van der Waals surface area contributed by atoms with E-state index < -0.39 is 0 Å². The van der Waals surface area contributed by atoms with Gasteiger partial charge >= 0.3 is 0 Å². The molecule has 3 aromatic rings. The maximum Gasteiger partial charge on any atom is 0.279 e. The smallest absolute Gasteiger partial charge is 0.279 e. The van der Waals surface area contributed by atoms with E-state index in [0.717, 1.165) is 60.6 Å². The van der Waals surface area contributed by atoms with Gasteiger partial charge in [0.15, 0.2) is 0 Å². The van der Waals surface area contributed by atoms with Crippen molar-refractivity contribution in [2.24, 2.45) is 10.9 Å². The number of carbonyl (C=O) groups excluding carboxylic acids is 1. The zero-order valence-electron chi connectivity index (χ0n) is 20.6. The standard InChI is InChI=1S/C22H25N5O2.C6H5F/c1-15-12-26(14-23-15)19-7-6-17(11-20(19)29-2)10-18-21(28)27-9-3-8-25(22(27)24-18)13-16-4-5-16;7-6-4-2-1-3-5-6/h6-7,10-12,14,16H,3-5,8-9,13H2,1-2H3;1-5H/b18-10-;. The highest BCUT2D eigenvalue weighted by Gasteiger charge is 2.38. The lowest BCUT2D eigenvalue weighted by atomic mass is 10.1. The summed E-state index contributed by atoms with van der Waals surface area (Å²) in [6, 6.07) is 13.8. The number of hydrogen-bond donors (Lipinski definition) is 0. The fraction of sp³-hybridized carbons (Fsp3) is 0.321. The molecule has 0 radical (unpaired) electrons. The largest absolute Gasteiger partial charge is 0.495 e. The zero-order chi connectivity index (χ0) is 25.1. The molecule has 0 bridgehead atoms. The first kappa shape index (κ1) is 23.8. The number of aryl methyl sites for hydroxylation is 1. The van der Waals surface area contributed by atoms with Gasteiger partial charge in [0.1, 0.15) is 17.3 Å². The van der Waals surface area contributed by atoms with E-state index in [2.05, 4.69) is 9.88 Å². The lowest BCUT2D eigenvalue weighted by Crippen LogP contribution is -2.50. The lowest BCUT2D eigenvalue weighted by molar-refractivity contribution is -0.123. The molecular weight excluding hydrogens is 457 g/mol. The lowest BCUT2D eigenvalue weighted by Gasteiger charge is -2.34. The average Bonchev–Trinajstić information content (AvgIpc) is 3.52. The number of carbonyl (C=O) groups is 1. The summed E-state index contributed by atoms with van der Waals surface area (Å²) >= 11 is 0. The van der Waals surface area contributed by atoms with Crippen molar-refractivity contribution in [1.29, 1.82) is 0 Å². The Balaban J connectivity index is 0.000000330. The Labute approximate surface area is 210 Å². The third-order valence-electron chi connectivity index (χ3n) is 6.42. The number of benzene rings is 2. The maximum absolute atomic E-state index is 12.9. The number of amides is 1. The molecule has 0 N–H and O–H groups in total. The average molecular weight is 488 g/mol. The van der Waals surface area contributed by atoms with Gasteiger partial charge in [0.25, 0.3) is 5.91 Å². The number of aromatic nitrogens is 2. The molecule has 1 aromatic heterocycles. The maximum atomic E-state index is 12.9. The Morgan fingerprint density at radius 2 is 1.94 bits per heavy atom. The van der Waals surface area contributed by atoms with Crippen molar-refractivity contribution >= 4 is 17.9 Å². The molecule has 0 atom stereocenters. The van der Waals surface area contributed by atoms with Gasteiger partial charge in [-0.15, -0.1) is 0 Å². The number of aliphatic imine (C=N–C) groups is 1. The van der Waals surface area contributed by atoms with Crippen LogP contribution in [0.15, 0.2) is 71.7 Å². The highest BCUT2D eigenvalue weighted by molar-refractivity contribution is 6.13. The molecule has 7 nitrogen and oxygen atoms in total. The molecule has 1 amide bonds. The van der Waals surface area contributed by atoms with Crippen molar-refractivity contribution in [3.05, 3.63) is 83.8 Å². The van der Waals surface area contributed by atoms with Crippen molar-refractivity contribution < 1.29 is 13.9 Å². The quantitative estimate of drug-likeness (QED) is 0.491. The predicted octanol–water partition coefficient (Wildman–Crippen LogP) is 4.67. The van der Waals surface area contributed by atoms with Crippen LogP contribution in [-0.2, 0) is 4.79 Å². The number of imidazole rings is 1. The van der Waals surface area contributed by atoms with E-state index in [0.29, 0.717) is 5.70 Å². The normalized spacial score (nSPS) is 18.0. The van der Waals surface area contributed by atoms with Gasteiger partial charge in [0, 0.05) is 25.8 Å². The Morgan fingerprint density at radius 3 is 2.58 bits per heavy atom. The second kappa shape index (κ2) is 10.4. The van der Waals surface area contributed by atoms with Crippen LogP contribution in [0.4, 0.5) is 4.39 Å². The molecule has 0 spiro atoms. The fourth-order valence-corrected chi connectivity index (χ4v) is 4.41. The van der Waals surface area contributed by atoms with E-state index in [9.17, 15) is 9.18 Å². The molecule has 8 heteroatoms. The summed E-state index contributed by atoms with van der Waals surface area (Å²) in [6.07, 6.45) is 9.16. The highest BCUT2D eigenvalue weighted by Crippen LogP contribution is 2.32. The Kier molecular flexibility index (Phi) is 6.84. The molecule has 186 valence electrons. The van der Waals surface area contributed by atoms with Gasteiger partial charge in [0.05, 0.1) is 24.8 Å². The van der Waals surface area contributed by atoms with E-state index >= 15 is 0 Å². The molecule has 1 aliphatic carbocycles. The first-order valence-electron chi connectivity index (χ1n) is 12.3. The topological polar surface area (TPSA) is 63.0 Å². The van der Waals surface area contributed by atoms with Crippen molar-refractivity contribution in [3.63, 3.8) is 0 Å². The van der Waals surface area contributed by atoms with Crippen molar-refractivity contribution in [3.8, 4) is 11.4 Å². The fourth-order valence-electron chi connectivity index (χ4n) is 4.41. The van der Waals surface area contributed by atoms with Crippen LogP contribution in [-0.4, -0.2) is 58.0 Å². The molecule has 36 heavy (non-hydrogen) atoms. The summed E-state index contributed by atoms with van der Waals surface area (Å²) in [5.74, 6) is 2.14. The molecule has 1 saturated carbocycles. The van der Waals surface area contributed by atoms with E-state index in [1.54, 1.807) is 31.6 Å². The minimum Gasteiger partial charge on any atom is -0.495 e. The molecule has 6 rings (SSSR count). The van der Waals surface area contributed by atoms with Gasteiger partial charge in [-0.3, -0.25) is 9.69 Å². The Bertz CT molecular complexity index is 1300. The summed E-state index contributed by atoms with van der Waals surface area (Å²) in [5, 5.41) is 0. The van der Waals surface area contributed by atoms with Crippen molar-refractivity contribution in [2.45, 2.75) is 26.2 Å². The van der Waals surface area contributed by atoms with E-state index in [1.165, 1.54) is 25.0 Å². The molecule has 2 aliphatic heterocycles. The number of methoxy groups -OCH3 is 1. The number of nitrogens with zero attached hydrogens (tertiary/aromatic N) is 5. The summed E-state index contributed by atoms with van der Waals surface area (Å²) in [6.45, 7) is 4.70.